The van der Waals surface area contributed by atoms with Gasteiger partial charge >= 0.3 is 0 Å². The number of nitrogens with two attached hydrogens (primary N) is 1. The molecule has 19 heavy (non-hydrogen) atoms. The molecule has 0 bridgehead atoms. The Kier molecular flexibility index (Phi) is 4.93. The second kappa shape index (κ2) is 6.68. The summed E-state index contributed by atoms with van der Waals surface area (Å²) in [6, 6.07) is 0. The van der Waals surface area contributed by atoms with Gasteiger partial charge in [0.15, 0.2) is 5.82 Å². The summed E-state index contributed by atoms with van der Waals surface area (Å²) >= 11 is 0. The van der Waals surface area contributed by atoms with Gasteiger partial charge in [0, 0.05) is 51.7 Å². The van der Waals surface area contributed by atoms with Crippen LogP contribution in [0, 0.1) is 0 Å². The molecule has 0 radical (unpaired) electrons. The Labute approximate surface area is 113 Å². The maximum Gasteiger partial charge on any atom is 0.293 e. The summed E-state index contributed by atoms with van der Waals surface area (Å²) in [4.78, 5) is 21.0. The highest BCUT2D eigenvalue weighted by Gasteiger charge is 2.18. The highest BCUT2D eigenvalue weighted by atomic mass is 16.1. The average Bonchev–Trinajstić information content (AvgIpc) is 2.65. The van der Waals surface area contributed by atoms with Gasteiger partial charge in [-0.2, -0.15) is 0 Å². The van der Waals surface area contributed by atoms with E-state index in [-0.39, 0.29) is 5.56 Å². The van der Waals surface area contributed by atoms with Crippen LogP contribution in [0.25, 0.3) is 0 Å². The zero-order chi connectivity index (χ0) is 13.7. The van der Waals surface area contributed by atoms with Crippen LogP contribution in [0.4, 0.5) is 5.82 Å². The van der Waals surface area contributed by atoms with E-state index < -0.39 is 0 Å². The molecule has 1 aliphatic rings. The van der Waals surface area contributed by atoms with Crippen LogP contribution >= 0.6 is 0 Å². The van der Waals surface area contributed by atoms with Gasteiger partial charge in [-0.3, -0.25) is 4.79 Å². The van der Waals surface area contributed by atoms with Crippen molar-refractivity contribution in [2.45, 2.75) is 19.9 Å². The first-order chi connectivity index (χ1) is 9.26. The summed E-state index contributed by atoms with van der Waals surface area (Å²) < 4.78 is 1.70. The molecule has 1 aromatic heterocycles. The first-order valence-electron chi connectivity index (χ1n) is 6.99. The number of anilines is 1. The highest BCUT2D eigenvalue weighted by molar-refractivity contribution is 5.35. The molecule has 0 aromatic carbocycles. The van der Waals surface area contributed by atoms with E-state index in [4.69, 9.17) is 5.73 Å². The SMILES string of the molecule is CCn1ccnc(N2CCCN(CCN)CC2)c1=O. The number of hydrogen-bond acceptors (Lipinski definition) is 5. The Hall–Kier alpha value is -1.40. The van der Waals surface area contributed by atoms with E-state index in [9.17, 15) is 4.79 Å². The monoisotopic (exact) mass is 265 g/mol. The third-order valence-corrected chi connectivity index (χ3v) is 3.57. The summed E-state index contributed by atoms with van der Waals surface area (Å²) in [5.74, 6) is 0.582. The number of rotatable bonds is 4. The predicted molar refractivity (Wildman–Crippen MR) is 76.5 cm³/mol. The van der Waals surface area contributed by atoms with Gasteiger partial charge in [-0.1, -0.05) is 0 Å². The van der Waals surface area contributed by atoms with E-state index in [0.717, 1.165) is 39.1 Å². The van der Waals surface area contributed by atoms with Crippen molar-refractivity contribution in [1.82, 2.24) is 14.5 Å². The lowest BCUT2D eigenvalue weighted by Gasteiger charge is -2.22. The van der Waals surface area contributed by atoms with Crippen LogP contribution in [0.15, 0.2) is 17.2 Å². The lowest BCUT2D eigenvalue weighted by atomic mass is 10.4. The van der Waals surface area contributed by atoms with Crippen LogP contribution in [-0.2, 0) is 6.54 Å². The fourth-order valence-electron chi connectivity index (χ4n) is 2.49. The highest BCUT2D eigenvalue weighted by Crippen LogP contribution is 2.09. The summed E-state index contributed by atoms with van der Waals surface area (Å²) in [7, 11) is 0. The molecule has 1 fully saturated rings. The molecule has 0 unspecified atom stereocenters. The number of hydrogen-bond donors (Lipinski definition) is 1. The Balaban J connectivity index is 2.12. The molecule has 0 saturated carbocycles. The fraction of sp³-hybridized carbons (Fsp3) is 0.692. The molecule has 1 saturated heterocycles. The van der Waals surface area contributed by atoms with Crippen molar-refractivity contribution in [2.75, 3.05) is 44.2 Å². The smallest absolute Gasteiger partial charge is 0.293 e. The van der Waals surface area contributed by atoms with E-state index in [0.29, 0.717) is 18.9 Å². The number of aromatic nitrogens is 2. The van der Waals surface area contributed by atoms with Crippen molar-refractivity contribution in [3.05, 3.63) is 22.7 Å². The Morgan fingerprint density at radius 2 is 2.16 bits per heavy atom. The van der Waals surface area contributed by atoms with Gasteiger partial charge in [0.2, 0.25) is 0 Å². The molecule has 106 valence electrons. The molecule has 0 spiro atoms. The van der Waals surface area contributed by atoms with Crippen LogP contribution in [0.1, 0.15) is 13.3 Å². The van der Waals surface area contributed by atoms with Gasteiger partial charge in [0.1, 0.15) is 0 Å². The third-order valence-electron chi connectivity index (χ3n) is 3.57. The van der Waals surface area contributed by atoms with Gasteiger partial charge < -0.3 is 20.1 Å². The predicted octanol–water partition coefficient (Wildman–Crippen LogP) is -0.266. The zero-order valence-corrected chi connectivity index (χ0v) is 11.6. The molecule has 6 nitrogen and oxygen atoms in total. The molecule has 0 amide bonds. The first kappa shape index (κ1) is 14.0. The third kappa shape index (κ3) is 3.33. The molecule has 1 aliphatic heterocycles. The maximum absolute atomic E-state index is 12.2. The van der Waals surface area contributed by atoms with Crippen molar-refractivity contribution >= 4 is 5.82 Å². The van der Waals surface area contributed by atoms with E-state index in [2.05, 4.69) is 14.8 Å². The molecule has 0 atom stereocenters. The van der Waals surface area contributed by atoms with Crippen molar-refractivity contribution in [1.29, 1.82) is 0 Å². The molecule has 2 heterocycles. The lowest BCUT2D eigenvalue weighted by Crippen LogP contribution is -2.37. The van der Waals surface area contributed by atoms with E-state index in [1.807, 2.05) is 6.92 Å². The summed E-state index contributed by atoms with van der Waals surface area (Å²) in [6.45, 7) is 7.98. The average molecular weight is 265 g/mol. The minimum atomic E-state index is 0.0114. The standard InChI is InChI=1S/C13H23N5O/c1-2-17-9-5-15-12(13(17)19)18-7-3-6-16(8-4-14)10-11-18/h5,9H,2-4,6-8,10-11,14H2,1H3. The van der Waals surface area contributed by atoms with Gasteiger partial charge in [0.25, 0.3) is 5.56 Å². The van der Waals surface area contributed by atoms with Crippen molar-refractivity contribution in [3.8, 4) is 0 Å². The minimum absolute atomic E-state index is 0.0114. The maximum atomic E-state index is 12.2. The van der Waals surface area contributed by atoms with Gasteiger partial charge in [-0.05, 0) is 19.9 Å². The summed E-state index contributed by atoms with van der Waals surface area (Å²) in [5.41, 5.74) is 5.61. The van der Waals surface area contributed by atoms with E-state index >= 15 is 0 Å². The van der Waals surface area contributed by atoms with Crippen LogP contribution in [-0.4, -0.2) is 53.7 Å². The molecule has 2 rings (SSSR count). The zero-order valence-electron chi connectivity index (χ0n) is 11.6. The molecule has 0 aliphatic carbocycles. The molecule has 2 N–H and O–H groups in total. The lowest BCUT2D eigenvalue weighted by molar-refractivity contribution is 0.302. The van der Waals surface area contributed by atoms with E-state index in [1.54, 1.807) is 17.0 Å². The second-order valence-electron chi connectivity index (χ2n) is 4.81. The Bertz CT molecular complexity index is 459. The van der Waals surface area contributed by atoms with Crippen LogP contribution in [0.3, 0.4) is 0 Å². The molecular formula is C13H23N5O. The Morgan fingerprint density at radius 3 is 2.89 bits per heavy atom. The van der Waals surface area contributed by atoms with E-state index in [1.165, 1.54) is 0 Å². The topological polar surface area (TPSA) is 67.4 Å². The molecule has 1 aromatic rings. The van der Waals surface area contributed by atoms with Crippen molar-refractivity contribution in [3.63, 3.8) is 0 Å². The minimum Gasteiger partial charge on any atom is -0.351 e. The molecular weight excluding hydrogens is 242 g/mol. The molecule has 6 heteroatoms. The van der Waals surface area contributed by atoms with Crippen LogP contribution < -0.4 is 16.2 Å². The van der Waals surface area contributed by atoms with Crippen LogP contribution in [0.5, 0.6) is 0 Å². The van der Waals surface area contributed by atoms with Crippen molar-refractivity contribution in [2.24, 2.45) is 5.73 Å². The summed E-state index contributed by atoms with van der Waals surface area (Å²) in [6.07, 6.45) is 4.50. The quantitative estimate of drug-likeness (QED) is 0.812. The van der Waals surface area contributed by atoms with Gasteiger partial charge in [-0.15, -0.1) is 0 Å². The van der Waals surface area contributed by atoms with Crippen LogP contribution in [0.2, 0.25) is 0 Å². The first-order valence-corrected chi connectivity index (χ1v) is 6.99. The summed E-state index contributed by atoms with van der Waals surface area (Å²) in [5, 5.41) is 0. The van der Waals surface area contributed by atoms with Gasteiger partial charge in [0.05, 0.1) is 0 Å². The normalized spacial score (nSPS) is 17.5. The number of nitrogens with zero attached hydrogens (tertiary/aromatic N) is 4. The number of aryl methyl sites for hydroxylation is 1. The largest absolute Gasteiger partial charge is 0.351 e. The second-order valence-corrected chi connectivity index (χ2v) is 4.81. The fourth-order valence-corrected chi connectivity index (χ4v) is 2.49. The Morgan fingerprint density at radius 1 is 1.32 bits per heavy atom. The van der Waals surface area contributed by atoms with Crippen molar-refractivity contribution < 1.29 is 0 Å². The van der Waals surface area contributed by atoms with Gasteiger partial charge in [-0.25, -0.2) is 4.98 Å².